The van der Waals surface area contributed by atoms with Crippen molar-refractivity contribution < 1.29 is 34.5 Å². The predicted octanol–water partition coefficient (Wildman–Crippen LogP) is 5.46. The summed E-state index contributed by atoms with van der Waals surface area (Å²) in [5.41, 5.74) is 0. The first-order valence-corrected chi connectivity index (χ1v) is 14.4. The molecule has 0 aliphatic rings. The Bertz CT molecular complexity index is 612. The van der Waals surface area contributed by atoms with Crippen molar-refractivity contribution in [3.8, 4) is 0 Å². The summed E-state index contributed by atoms with van der Waals surface area (Å²) in [4.78, 5) is 46.3. The van der Waals surface area contributed by atoms with Crippen LogP contribution < -0.4 is 5.32 Å². The topological polar surface area (TPSA) is 144 Å². The number of rotatable bonds is 27. The Balaban J connectivity index is 3.71. The summed E-state index contributed by atoms with van der Waals surface area (Å²) in [5.74, 6) is -3.82. The highest BCUT2D eigenvalue weighted by molar-refractivity contribution is 5.78. The van der Waals surface area contributed by atoms with Crippen molar-refractivity contribution in [3.05, 3.63) is 0 Å². The summed E-state index contributed by atoms with van der Waals surface area (Å²) in [6, 6.07) is -1.19. The highest BCUT2D eigenvalue weighted by Gasteiger charge is 2.28. The molecular formula is C28H52N2O7. The maximum absolute atomic E-state index is 12.0. The zero-order valence-corrected chi connectivity index (χ0v) is 23.1. The Hall–Kier alpha value is -2.16. The first-order chi connectivity index (χ1) is 17.8. The van der Waals surface area contributed by atoms with E-state index in [0.29, 0.717) is 25.8 Å². The number of aliphatic carboxylic acids is 3. The molecule has 0 unspecified atom stereocenters. The standard InChI is InChI=1S/C28H52N2O7/c1-2-3-4-5-6-7-8-9-10-11-12-13-14-15-16-20-25(31)29-21-18-17-19-24(28(36)37)30(22-26(32)33)23-27(34)35/h24H,2-23H2,1H3,(H,29,31)(H,32,33)(H,34,35)(H,36,37)/t24-/m1/s1. The fraction of sp³-hybridized carbons (Fsp3) is 0.857. The van der Waals surface area contributed by atoms with Gasteiger partial charge in [0.2, 0.25) is 5.91 Å². The number of hydrogen-bond donors (Lipinski definition) is 4. The van der Waals surface area contributed by atoms with Crippen LogP contribution in [0, 0.1) is 0 Å². The lowest BCUT2D eigenvalue weighted by Gasteiger charge is -2.25. The van der Waals surface area contributed by atoms with Crippen LogP contribution in [0.1, 0.15) is 129 Å². The number of carbonyl (C=O) groups is 4. The number of hydrogen-bond acceptors (Lipinski definition) is 5. The average molecular weight is 529 g/mol. The van der Waals surface area contributed by atoms with E-state index in [-0.39, 0.29) is 12.3 Å². The Morgan fingerprint density at radius 1 is 0.622 bits per heavy atom. The van der Waals surface area contributed by atoms with E-state index in [0.717, 1.165) is 24.2 Å². The molecule has 0 aliphatic heterocycles. The van der Waals surface area contributed by atoms with Gasteiger partial charge in [0.15, 0.2) is 0 Å². The summed E-state index contributed by atoms with van der Waals surface area (Å²) in [7, 11) is 0. The van der Waals surface area contributed by atoms with Gasteiger partial charge >= 0.3 is 17.9 Å². The van der Waals surface area contributed by atoms with Gasteiger partial charge in [-0.25, -0.2) is 0 Å². The van der Waals surface area contributed by atoms with Gasteiger partial charge in [0.25, 0.3) is 0 Å². The van der Waals surface area contributed by atoms with Gasteiger partial charge < -0.3 is 20.6 Å². The fourth-order valence-electron chi connectivity index (χ4n) is 4.52. The lowest BCUT2D eigenvalue weighted by Crippen LogP contribution is -2.46. The number of nitrogens with one attached hydrogen (secondary N) is 1. The van der Waals surface area contributed by atoms with Crippen LogP contribution in [0.3, 0.4) is 0 Å². The van der Waals surface area contributed by atoms with E-state index in [1.54, 1.807) is 0 Å². The maximum atomic E-state index is 12.0. The molecule has 0 aliphatic carbocycles. The Kier molecular flexibility index (Phi) is 22.8. The summed E-state index contributed by atoms with van der Waals surface area (Å²) >= 11 is 0. The first-order valence-electron chi connectivity index (χ1n) is 14.4. The summed E-state index contributed by atoms with van der Waals surface area (Å²) in [6.45, 7) is 1.36. The first kappa shape index (κ1) is 34.8. The van der Waals surface area contributed by atoms with Crippen molar-refractivity contribution in [3.63, 3.8) is 0 Å². The van der Waals surface area contributed by atoms with Gasteiger partial charge in [0, 0.05) is 13.0 Å². The molecule has 216 valence electrons. The van der Waals surface area contributed by atoms with Crippen LogP contribution in [0.5, 0.6) is 0 Å². The highest BCUT2D eigenvalue weighted by Crippen LogP contribution is 2.14. The number of unbranched alkanes of at least 4 members (excludes halogenated alkanes) is 15. The van der Waals surface area contributed by atoms with Gasteiger partial charge in [-0.05, 0) is 25.7 Å². The molecule has 0 rings (SSSR count). The zero-order valence-electron chi connectivity index (χ0n) is 23.1. The molecule has 0 aromatic rings. The number of carboxylic acids is 3. The monoisotopic (exact) mass is 528 g/mol. The molecule has 0 saturated carbocycles. The van der Waals surface area contributed by atoms with Gasteiger partial charge in [-0.1, -0.05) is 96.8 Å². The van der Waals surface area contributed by atoms with Crippen LogP contribution in [0.15, 0.2) is 0 Å². The second-order valence-electron chi connectivity index (χ2n) is 10.1. The molecule has 37 heavy (non-hydrogen) atoms. The molecule has 1 atom stereocenters. The molecule has 0 spiro atoms. The molecule has 0 aromatic heterocycles. The highest BCUT2D eigenvalue weighted by atomic mass is 16.4. The predicted molar refractivity (Wildman–Crippen MR) is 145 cm³/mol. The number of amides is 1. The summed E-state index contributed by atoms with van der Waals surface area (Å²) in [5, 5.41) is 30.1. The van der Waals surface area contributed by atoms with Crippen LogP contribution in [-0.4, -0.2) is 69.7 Å². The molecule has 1 amide bonds. The van der Waals surface area contributed by atoms with E-state index in [1.807, 2.05) is 0 Å². The van der Waals surface area contributed by atoms with Gasteiger partial charge in [-0.2, -0.15) is 0 Å². The number of carboxylic acid groups (broad SMARTS) is 3. The average Bonchev–Trinajstić information content (AvgIpc) is 2.82. The molecule has 0 heterocycles. The van der Waals surface area contributed by atoms with Gasteiger partial charge in [-0.3, -0.25) is 24.1 Å². The third-order valence-electron chi connectivity index (χ3n) is 6.64. The summed E-state index contributed by atoms with van der Waals surface area (Å²) in [6.07, 6.45) is 20.8. The van der Waals surface area contributed by atoms with Crippen molar-refractivity contribution in [2.24, 2.45) is 0 Å². The number of carbonyl (C=O) groups excluding carboxylic acids is 1. The second kappa shape index (κ2) is 24.2. The minimum Gasteiger partial charge on any atom is -0.480 e. The third kappa shape index (κ3) is 22.7. The van der Waals surface area contributed by atoms with E-state index in [1.165, 1.54) is 77.0 Å². The summed E-state index contributed by atoms with van der Waals surface area (Å²) < 4.78 is 0. The second-order valence-corrected chi connectivity index (χ2v) is 10.1. The van der Waals surface area contributed by atoms with E-state index in [2.05, 4.69) is 12.2 Å². The van der Waals surface area contributed by atoms with Crippen molar-refractivity contribution in [2.75, 3.05) is 19.6 Å². The largest absolute Gasteiger partial charge is 0.480 e. The van der Waals surface area contributed by atoms with E-state index in [9.17, 15) is 24.3 Å². The molecule has 0 radical (unpaired) electrons. The molecule has 0 fully saturated rings. The smallest absolute Gasteiger partial charge is 0.320 e. The van der Waals surface area contributed by atoms with Gasteiger partial charge in [0.1, 0.15) is 6.04 Å². The zero-order chi connectivity index (χ0) is 27.7. The van der Waals surface area contributed by atoms with Crippen molar-refractivity contribution in [1.29, 1.82) is 0 Å². The SMILES string of the molecule is CCCCCCCCCCCCCCCCCC(=O)NCCCC[C@H](C(=O)O)N(CC(=O)O)CC(=O)O. The van der Waals surface area contributed by atoms with E-state index < -0.39 is 37.0 Å². The molecule has 0 aromatic carbocycles. The van der Waals surface area contributed by atoms with Crippen LogP contribution in [0.25, 0.3) is 0 Å². The molecule has 9 nitrogen and oxygen atoms in total. The van der Waals surface area contributed by atoms with Crippen LogP contribution in [0.2, 0.25) is 0 Å². The molecule has 4 N–H and O–H groups in total. The van der Waals surface area contributed by atoms with E-state index in [4.69, 9.17) is 10.2 Å². The van der Waals surface area contributed by atoms with E-state index >= 15 is 0 Å². The van der Waals surface area contributed by atoms with Crippen molar-refractivity contribution >= 4 is 23.8 Å². The fourth-order valence-corrected chi connectivity index (χ4v) is 4.52. The molecule has 0 saturated heterocycles. The Labute approximate surface area is 223 Å². The Morgan fingerprint density at radius 3 is 1.46 bits per heavy atom. The van der Waals surface area contributed by atoms with Crippen molar-refractivity contribution in [1.82, 2.24) is 10.2 Å². The van der Waals surface area contributed by atoms with Crippen molar-refractivity contribution in [2.45, 2.75) is 135 Å². The Morgan fingerprint density at radius 2 is 1.05 bits per heavy atom. The van der Waals surface area contributed by atoms with Crippen LogP contribution >= 0.6 is 0 Å². The quantitative estimate of drug-likeness (QED) is 0.103. The normalized spacial score (nSPS) is 11.9. The van der Waals surface area contributed by atoms with Crippen LogP contribution in [-0.2, 0) is 19.2 Å². The van der Waals surface area contributed by atoms with Gasteiger partial charge in [0.05, 0.1) is 13.1 Å². The van der Waals surface area contributed by atoms with Gasteiger partial charge in [-0.15, -0.1) is 0 Å². The minimum absolute atomic E-state index is 0.0112. The number of nitrogens with zero attached hydrogens (tertiary/aromatic N) is 1. The lowest BCUT2D eigenvalue weighted by atomic mass is 10.0. The molecule has 9 heteroatoms. The third-order valence-corrected chi connectivity index (χ3v) is 6.64. The van der Waals surface area contributed by atoms with Crippen LogP contribution in [0.4, 0.5) is 0 Å². The minimum atomic E-state index is -1.28. The lowest BCUT2D eigenvalue weighted by molar-refractivity contribution is -0.149. The molecule has 0 bridgehead atoms. The maximum Gasteiger partial charge on any atom is 0.320 e. The molecular weight excluding hydrogens is 476 g/mol.